The minimum absolute atomic E-state index is 0.122. The number of likely N-dealkylation sites (N-methyl/N-ethyl adjacent to an activating group) is 1. The van der Waals surface area contributed by atoms with Crippen LogP contribution in [0, 0.1) is 17.8 Å². The van der Waals surface area contributed by atoms with Crippen LogP contribution in [0.1, 0.15) is 107 Å². The second-order valence-electron chi connectivity index (χ2n) is 20.9. The number of carbonyl (C=O) groups excluding carboxylic acids is 1. The van der Waals surface area contributed by atoms with Gasteiger partial charge in [-0.1, -0.05) is 57.2 Å². The van der Waals surface area contributed by atoms with Gasteiger partial charge in [-0.25, -0.2) is 0 Å². The lowest BCUT2D eigenvalue weighted by atomic mass is 9.77. The summed E-state index contributed by atoms with van der Waals surface area (Å²) in [5.74, 6) is -2.70. The van der Waals surface area contributed by atoms with E-state index in [1.165, 1.54) is 30.4 Å². The van der Waals surface area contributed by atoms with Gasteiger partial charge in [0.1, 0.15) is 30.0 Å². The van der Waals surface area contributed by atoms with Crippen molar-refractivity contribution < 1.29 is 58.7 Å². The number of fused-ring (bicyclic) bond motifs is 1. The van der Waals surface area contributed by atoms with Gasteiger partial charge < -0.3 is 64.2 Å². The Hall–Kier alpha value is -2.35. The molecule has 15 nitrogen and oxygen atoms in total. The van der Waals surface area contributed by atoms with Crippen LogP contribution in [-0.2, 0) is 39.8 Å². The molecule has 0 radical (unpaired) electrons. The minimum Gasteiger partial charge on any atom is -0.459 e. The molecule has 0 unspecified atom stereocenters. The molecule has 6 N–H and O–H groups in total. The van der Waals surface area contributed by atoms with Crippen molar-refractivity contribution in [2.24, 2.45) is 17.8 Å². The minimum atomic E-state index is -1.86. The first kappa shape index (κ1) is 54.6. The van der Waals surface area contributed by atoms with Gasteiger partial charge in [0.15, 0.2) is 12.6 Å². The number of carbonyl (C=O) groups is 1. The van der Waals surface area contributed by atoms with E-state index in [1.54, 1.807) is 34.6 Å². The molecule has 66 heavy (non-hydrogen) atoms. The predicted octanol–water partition coefficient (Wildman–Crippen LogP) is 4.60. The van der Waals surface area contributed by atoms with Crippen molar-refractivity contribution in [2.45, 2.75) is 198 Å². The maximum atomic E-state index is 14.6. The number of ether oxygens (including phenoxy) is 6. The van der Waals surface area contributed by atoms with E-state index in [4.69, 9.17) is 28.4 Å². The predicted molar refractivity (Wildman–Crippen MR) is 253 cm³/mol. The lowest BCUT2D eigenvalue weighted by molar-refractivity contribution is -0.318. The molecule has 0 bridgehead atoms. The molecule has 376 valence electrons. The molecule has 3 heterocycles. The molecule has 18 atom stereocenters. The summed E-state index contributed by atoms with van der Waals surface area (Å²) in [7, 11) is 5.31. The summed E-state index contributed by atoms with van der Waals surface area (Å²) in [5.41, 5.74) is -3.32. The van der Waals surface area contributed by atoms with Gasteiger partial charge in [-0.15, -0.1) is 0 Å². The van der Waals surface area contributed by atoms with Gasteiger partial charge in [0.05, 0.1) is 41.5 Å². The van der Waals surface area contributed by atoms with Crippen LogP contribution in [-0.4, -0.2) is 172 Å². The summed E-state index contributed by atoms with van der Waals surface area (Å²) >= 11 is 0. The van der Waals surface area contributed by atoms with Crippen molar-refractivity contribution in [1.29, 1.82) is 0 Å². The normalized spacial score (nSPS) is 41.6. The lowest BCUT2D eigenvalue weighted by Gasteiger charge is -2.48. The van der Waals surface area contributed by atoms with E-state index >= 15 is 0 Å². The van der Waals surface area contributed by atoms with Gasteiger partial charge in [0, 0.05) is 44.6 Å². The maximum absolute atomic E-state index is 14.6. The number of cyclic esters (lactones) is 1. The smallest absolute Gasteiger partial charge is 0.311 e. The Morgan fingerprint density at radius 3 is 2.24 bits per heavy atom. The van der Waals surface area contributed by atoms with Gasteiger partial charge in [-0.3, -0.25) is 9.69 Å². The van der Waals surface area contributed by atoms with Crippen LogP contribution < -0.4 is 5.32 Å². The van der Waals surface area contributed by atoms with E-state index in [0.29, 0.717) is 32.6 Å². The third kappa shape index (κ3) is 12.9. The van der Waals surface area contributed by atoms with E-state index in [2.05, 4.69) is 40.5 Å². The molecule has 0 amide bonds. The number of nitrogens with one attached hydrogen (secondary N) is 1. The van der Waals surface area contributed by atoms with Crippen molar-refractivity contribution in [2.75, 3.05) is 40.8 Å². The molecule has 15 heteroatoms. The monoisotopic (exact) mass is 932 g/mol. The first-order valence-electron chi connectivity index (χ1n) is 24.4. The Morgan fingerprint density at radius 1 is 0.909 bits per heavy atom. The number of hydrogen-bond donors (Lipinski definition) is 6. The van der Waals surface area contributed by atoms with Crippen molar-refractivity contribution in [1.82, 2.24) is 15.1 Å². The van der Waals surface area contributed by atoms with Crippen LogP contribution in [0.4, 0.5) is 0 Å². The Labute approximate surface area is 394 Å². The number of aliphatic hydroxyl groups excluding tert-OH is 3. The van der Waals surface area contributed by atoms with Gasteiger partial charge in [0.25, 0.3) is 0 Å². The van der Waals surface area contributed by atoms with Crippen LogP contribution in [0.15, 0.2) is 42.5 Å². The molecule has 0 saturated carbocycles. The summed E-state index contributed by atoms with van der Waals surface area (Å²) < 4.78 is 38.2. The first-order valence-corrected chi connectivity index (χ1v) is 24.4. The first-order chi connectivity index (χ1) is 30.9. The third-order valence-electron chi connectivity index (χ3n) is 15.0. The highest BCUT2D eigenvalue weighted by atomic mass is 16.7. The topological polar surface area (TPSA) is 192 Å². The summed E-state index contributed by atoms with van der Waals surface area (Å²) in [6.45, 7) is 20.3. The average Bonchev–Trinajstić information content (AvgIpc) is 3.26. The lowest BCUT2D eigenvalue weighted by Crippen LogP contribution is -2.60. The van der Waals surface area contributed by atoms with Gasteiger partial charge in [0.2, 0.25) is 0 Å². The Balaban J connectivity index is 1.49. The molecule has 3 aliphatic heterocycles. The maximum Gasteiger partial charge on any atom is 0.311 e. The Morgan fingerprint density at radius 2 is 1.59 bits per heavy atom. The zero-order valence-corrected chi connectivity index (χ0v) is 42.1. The van der Waals surface area contributed by atoms with Crippen molar-refractivity contribution in [3.63, 3.8) is 0 Å². The standard InChI is InChI=1S/C51H85N3O12/c1-14-40-51(10,60)44(56)34(6)54(23-17-22-52-28-36-20-21-37-18-15-16-19-38(37)25-36)29-30(2)26-49(8,59)46(66-48-42(55)39(53(11)12)24-31(3)62-48)32(4)43(33(5)47(58)64-40)65-41-27-50(9,61-13)45(57)35(7)63-41/h15-16,18-21,25,30-35,39-46,48,52,55-57,59-60H,14,17,22-24,26-29H2,1-13H3/t30-,31-,32+,33-,34-,35+,39+,40-,41+,42-,43+,44-,45+,46-,48+,49-,50-,51-/m1/s1. The van der Waals surface area contributed by atoms with Crippen molar-refractivity contribution in [3.05, 3.63) is 48.0 Å². The molecule has 0 spiro atoms. The fraction of sp³-hybridized carbons (Fsp3) is 0.784. The van der Waals surface area contributed by atoms with Crippen LogP contribution in [0.5, 0.6) is 0 Å². The third-order valence-corrected chi connectivity index (χ3v) is 15.0. The zero-order chi connectivity index (χ0) is 48.9. The Bertz CT molecular complexity index is 1830. The quantitative estimate of drug-likeness (QED) is 0.121. The average molecular weight is 932 g/mol. The van der Waals surface area contributed by atoms with Gasteiger partial charge in [-0.05, 0) is 130 Å². The molecule has 2 aromatic carbocycles. The van der Waals surface area contributed by atoms with Crippen LogP contribution in [0.3, 0.4) is 0 Å². The summed E-state index contributed by atoms with van der Waals surface area (Å²) in [6, 6.07) is 13.9. The largest absolute Gasteiger partial charge is 0.459 e. The second-order valence-corrected chi connectivity index (χ2v) is 20.9. The van der Waals surface area contributed by atoms with E-state index in [9.17, 15) is 30.3 Å². The van der Waals surface area contributed by atoms with Crippen molar-refractivity contribution >= 4 is 16.7 Å². The number of nitrogens with zero attached hydrogens (tertiary/aromatic N) is 2. The number of aliphatic hydroxyl groups is 5. The van der Waals surface area contributed by atoms with E-state index in [0.717, 1.165) is 6.42 Å². The zero-order valence-electron chi connectivity index (χ0n) is 42.1. The molecular weight excluding hydrogens is 847 g/mol. The molecule has 3 aliphatic rings. The fourth-order valence-electron chi connectivity index (χ4n) is 10.9. The highest BCUT2D eigenvalue weighted by Crippen LogP contribution is 2.40. The number of benzene rings is 2. The highest BCUT2D eigenvalue weighted by Gasteiger charge is 2.53. The molecule has 3 fully saturated rings. The van der Waals surface area contributed by atoms with Crippen LogP contribution in [0.25, 0.3) is 10.8 Å². The van der Waals surface area contributed by atoms with Crippen molar-refractivity contribution in [3.8, 4) is 0 Å². The molecule has 5 rings (SSSR count). The van der Waals surface area contributed by atoms with Gasteiger partial charge in [-0.2, -0.15) is 0 Å². The van der Waals surface area contributed by atoms with Gasteiger partial charge >= 0.3 is 5.97 Å². The molecule has 2 aromatic rings. The number of methoxy groups -OCH3 is 1. The highest BCUT2D eigenvalue weighted by molar-refractivity contribution is 5.83. The molecular formula is C51H85N3O12. The number of rotatable bonds is 13. The number of hydrogen-bond acceptors (Lipinski definition) is 15. The Kier molecular flexibility index (Phi) is 19.1. The van der Waals surface area contributed by atoms with E-state index in [1.807, 2.05) is 58.8 Å². The van der Waals surface area contributed by atoms with Crippen LogP contribution >= 0.6 is 0 Å². The van der Waals surface area contributed by atoms with Crippen LogP contribution in [0.2, 0.25) is 0 Å². The molecule has 0 aliphatic carbocycles. The summed E-state index contributed by atoms with van der Waals surface area (Å²) in [6.07, 6.45) is -7.80. The SMILES string of the molecule is CC[C@H]1OC(=O)[C@H](C)[C@@H](O[C@H]2C[C@@](C)(OC)[C@@H](O)[C@H](C)O2)[C@H](C)[C@@H](O[C@@H]2O[C@H](C)C[C@H](N(C)C)[C@H]2O)[C@](C)(O)C[C@@H](C)CN(CCCNCc2ccc3ccccc3c2)[C@H](C)[C@@H](O)[C@]1(C)O. The number of esters is 1. The second kappa shape index (κ2) is 23.0. The van der Waals surface area contributed by atoms with E-state index in [-0.39, 0.29) is 37.3 Å². The van der Waals surface area contributed by atoms with E-state index < -0.39 is 96.0 Å². The summed E-state index contributed by atoms with van der Waals surface area (Å²) in [4.78, 5) is 18.6. The molecule has 3 saturated heterocycles. The summed E-state index contributed by atoms with van der Waals surface area (Å²) in [5, 5.41) is 66.0. The fourth-order valence-corrected chi connectivity index (χ4v) is 10.9. The molecule has 0 aromatic heterocycles.